The highest BCUT2D eigenvalue weighted by Crippen LogP contribution is 2.58. The monoisotopic (exact) mass is 208 g/mol. The van der Waals surface area contributed by atoms with Gasteiger partial charge in [-0.25, -0.2) is 0 Å². The van der Waals surface area contributed by atoms with Crippen LogP contribution in [-0.2, 0) is 9.53 Å². The van der Waals surface area contributed by atoms with Crippen LogP contribution in [0.4, 0.5) is 0 Å². The molecule has 3 atom stereocenters. The molecule has 2 fully saturated rings. The molecule has 3 unspecified atom stereocenters. The predicted molar refractivity (Wildman–Crippen MR) is 59.6 cm³/mol. The van der Waals surface area contributed by atoms with Gasteiger partial charge in [0.05, 0.1) is 11.7 Å². The summed E-state index contributed by atoms with van der Waals surface area (Å²) in [6.45, 7) is 8.30. The summed E-state index contributed by atoms with van der Waals surface area (Å²) in [7, 11) is 0. The molecule has 2 bridgehead atoms. The number of carbonyl (C=O) groups is 1. The van der Waals surface area contributed by atoms with Gasteiger partial charge in [-0.05, 0) is 37.8 Å². The predicted octanol–water partition coefficient (Wildman–Crippen LogP) is 2.73. The van der Waals surface area contributed by atoms with Crippen molar-refractivity contribution in [3.05, 3.63) is 12.2 Å². The zero-order valence-corrected chi connectivity index (χ0v) is 10.0. The molecule has 2 heterocycles. The molecule has 0 aromatic rings. The van der Waals surface area contributed by atoms with Crippen LogP contribution in [-0.4, -0.2) is 17.5 Å². The van der Waals surface area contributed by atoms with Crippen LogP contribution < -0.4 is 0 Å². The van der Waals surface area contributed by atoms with E-state index in [1.165, 1.54) is 0 Å². The quantitative estimate of drug-likeness (QED) is 0.652. The van der Waals surface area contributed by atoms with Crippen molar-refractivity contribution in [1.82, 2.24) is 0 Å². The summed E-state index contributed by atoms with van der Waals surface area (Å²) >= 11 is 0. The Kier molecular flexibility index (Phi) is 2.30. The normalized spacial score (nSPS) is 42.7. The highest BCUT2D eigenvalue weighted by atomic mass is 16.5. The van der Waals surface area contributed by atoms with Crippen molar-refractivity contribution in [1.29, 1.82) is 0 Å². The van der Waals surface area contributed by atoms with Crippen LogP contribution in [0, 0.1) is 11.3 Å². The van der Waals surface area contributed by atoms with Crippen molar-refractivity contribution in [2.24, 2.45) is 11.3 Å². The van der Waals surface area contributed by atoms with Gasteiger partial charge in [-0.1, -0.05) is 20.8 Å². The molecule has 0 N–H and O–H groups in total. The van der Waals surface area contributed by atoms with E-state index in [9.17, 15) is 4.79 Å². The fourth-order valence-corrected chi connectivity index (χ4v) is 3.36. The minimum Gasteiger partial charge on any atom is -0.367 e. The zero-order chi connectivity index (χ0) is 11.3. The number of carbonyl (C=O) groups excluding carboxylic acids is 1. The number of hydrogen-bond donors (Lipinski definition) is 0. The third kappa shape index (κ3) is 1.46. The molecule has 2 rings (SSSR count). The van der Waals surface area contributed by atoms with Crippen molar-refractivity contribution in [2.45, 2.75) is 52.2 Å². The lowest BCUT2D eigenvalue weighted by molar-refractivity contribution is -0.112. The first kappa shape index (κ1) is 10.9. The smallest absolute Gasteiger partial charge is 0.152 e. The molecule has 15 heavy (non-hydrogen) atoms. The Bertz CT molecular complexity index is 316. The van der Waals surface area contributed by atoms with Crippen LogP contribution in [0.15, 0.2) is 12.2 Å². The van der Waals surface area contributed by atoms with E-state index < -0.39 is 0 Å². The highest BCUT2D eigenvalue weighted by Gasteiger charge is 2.60. The van der Waals surface area contributed by atoms with Crippen molar-refractivity contribution in [3.63, 3.8) is 0 Å². The van der Waals surface area contributed by atoms with E-state index in [-0.39, 0.29) is 16.8 Å². The summed E-state index contributed by atoms with van der Waals surface area (Å²) in [5.74, 6) is 0.619. The Hall–Kier alpha value is -0.630. The van der Waals surface area contributed by atoms with E-state index in [4.69, 9.17) is 4.74 Å². The minimum absolute atomic E-state index is 0.103. The molecule has 2 nitrogen and oxygen atoms in total. The SMILES string of the molecule is CC(=O)C=CC12OC(CC1C)CC2(C)C. The molecule has 84 valence electrons. The standard InChI is InChI=1S/C13H20O2/c1-9-7-11-8-12(3,4)13(9,15-11)6-5-10(2)14/h5-6,9,11H,7-8H2,1-4H3. The zero-order valence-electron chi connectivity index (χ0n) is 10.0. The summed E-state index contributed by atoms with van der Waals surface area (Å²) < 4.78 is 6.10. The molecule has 0 saturated carbocycles. The van der Waals surface area contributed by atoms with Gasteiger partial charge in [-0.3, -0.25) is 4.79 Å². The van der Waals surface area contributed by atoms with Crippen LogP contribution in [0.2, 0.25) is 0 Å². The Morgan fingerprint density at radius 2 is 2.13 bits per heavy atom. The van der Waals surface area contributed by atoms with Gasteiger partial charge < -0.3 is 4.74 Å². The van der Waals surface area contributed by atoms with Crippen molar-refractivity contribution >= 4 is 5.78 Å². The molecule has 0 radical (unpaired) electrons. The Balaban J connectivity index is 2.33. The molecule has 0 aliphatic carbocycles. The second kappa shape index (κ2) is 3.18. The summed E-state index contributed by atoms with van der Waals surface area (Å²) in [6, 6.07) is 0. The number of rotatable bonds is 2. The maximum absolute atomic E-state index is 11.0. The molecular weight excluding hydrogens is 188 g/mol. The summed E-state index contributed by atoms with van der Waals surface area (Å²) in [5, 5.41) is 0. The van der Waals surface area contributed by atoms with Crippen LogP contribution in [0.5, 0.6) is 0 Å². The molecule has 0 aromatic carbocycles. The Labute approximate surface area is 91.7 Å². The van der Waals surface area contributed by atoms with Gasteiger partial charge in [-0.2, -0.15) is 0 Å². The largest absolute Gasteiger partial charge is 0.367 e. The van der Waals surface area contributed by atoms with E-state index in [0.717, 1.165) is 12.8 Å². The Morgan fingerprint density at radius 1 is 1.47 bits per heavy atom. The maximum atomic E-state index is 11.0. The van der Waals surface area contributed by atoms with Crippen LogP contribution >= 0.6 is 0 Å². The van der Waals surface area contributed by atoms with E-state index in [1.807, 2.05) is 6.08 Å². The highest BCUT2D eigenvalue weighted by molar-refractivity contribution is 5.87. The number of ether oxygens (including phenoxy) is 1. The number of hydrogen-bond acceptors (Lipinski definition) is 2. The molecule has 2 aliphatic heterocycles. The van der Waals surface area contributed by atoms with Gasteiger partial charge in [0, 0.05) is 5.41 Å². The minimum atomic E-state index is -0.205. The van der Waals surface area contributed by atoms with E-state index >= 15 is 0 Å². The van der Waals surface area contributed by atoms with Crippen LogP contribution in [0.3, 0.4) is 0 Å². The lowest BCUT2D eigenvalue weighted by atomic mass is 9.63. The molecule has 2 aliphatic rings. The summed E-state index contributed by atoms with van der Waals surface area (Å²) in [5.41, 5.74) is -0.0510. The number of allylic oxidation sites excluding steroid dienone is 1. The fraction of sp³-hybridized carbons (Fsp3) is 0.769. The van der Waals surface area contributed by atoms with Crippen molar-refractivity contribution in [3.8, 4) is 0 Å². The van der Waals surface area contributed by atoms with E-state index in [0.29, 0.717) is 12.0 Å². The topological polar surface area (TPSA) is 26.3 Å². The lowest BCUT2D eigenvalue weighted by Gasteiger charge is -2.41. The molecule has 0 spiro atoms. The second-order valence-electron chi connectivity index (χ2n) is 5.70. The Morgan fingerprint density at radius 3 is 2.60 bits per heavy atom. The van der Waals surface area contributed by atoms with Gasteiger partial charge in [0.25, 0.3) is 0 Å². The average molecular weight is 208 g/mol. The third-order valence-electron chi connectivity index (χ3n) is 4.07. The molecule has 2 saturated heterocycles. The van der Waals surface area contributed by atoms with Gasteiger partial charge in [0.1, 0.15) is 0 Å². The molecule has 0 amide bonds. The summed E-state index contributed by atoms with van der Waals surface area (Å²) in [4.78, 5) is 11.0. The van der Waals surface area contributed by atoms with Gasteiger partial charge in [0.2, 0.25) is 0 Å². The maximum Gasteiger partial charge on any atom is 0.152 e. The molecule has 2 heteroatoms. The molecular formula is C13H20O2. The average Bonchev–Trinajstić information content (AvgIpc) is 2.50. The third-order valence-corrected chi connectivity index (χ3v) is 4.07. The van der Waals surface area contributed by atoms with Crippen LogP contribution in [0.1, 0.15) is 40.5 Å². The molecule has 0 aromatic heterocycles. The van der Waals surface area contributed by atoms with Crippen LogP contribution in [0.25, 0.3) is 0 Å². The first-order valence-corrected chi connectivity index (χ1v) is 5.75. The first-order chi connectivity index (χ1) is 6.87. The van der Waals surface area contributed by atoms with E-state index in [1.54, 1.807) is 13.0 Å². The van der Waals surface area contributed by atoms with Gasteiger partial charge >= 0.3 is 0 Å². The second-order valence-corrected chi connectivity index (χ2v) is 5.70. The van der Waals surface area contributed by atoms with Crippen molar-refractivity contribution in [2.75, 3.05) is 0 Å². The first-order valence-electron chi connectivity index (χ1n) is 5.75. The summed E-state index contributed by atoms with van der Waals surface area (Å²) in [6.07, 6.45) is 6.32. The number of ketones is 1. The lowest BCUT2D eigenvalue weighted by Crippen LogP contribution is -2.44. The van der Waals surface area contributed by atoms with Gasteiger partial charge in [-0.15, -0.1) is 0 Å². The fourth-order valence-electron chi connectivity index (χ4n) is 3.36. The van der Waals surface area contributed by atoms with E-state index in [2.05, 4.69) is 20.8 Å². The van der Waals surface area contributed by atoms with Gasteiger partial charge in [0.15, 0.2) is 5.78 Å². The number of fused-ring (bicyclic) bond motifs is 2. The van der Waals surface area contributed by atoms with Crippen molar-refractivity contribution < 1.29 is 9.53 Å².